The van der Waals surface area contributed by atoms with Crippen LogP contribution in [0.1, 0.15) is 26.3 Å². The summed E-state index contributed by atoms with van der Waals surface area (Å²) in [5.41, 5.74) is 0.153. The number of aromatic carboxylic acids is 2. The Bertz CT molecular complexity index is 408. The number of benzene rings is 1. The van der Waals surface area contributed by atoms with Gasteiger partial charge < -0.3 is 20.1 Å². The number of ether oxygens (including phenoxy) is 1. The zero-order valence-electron chi connectivity index (χ0n) is 9.63. The van der Waals surface area contributed by atoms with Crippen LogP contribution in [0.25, 0.3) is 0 Å². The van der Waals surface area contributed by atoms with Gasteiger partial charge in [-0.05, 0) is 24.1 Å². The minimum absolute atomic E-state index is 0.0394. The molecule has 98 valence electrons. The molecule has 0 aliphatic heterocycles. The fraction of sp³-hybridized carbons (Fsp3) is 0.333. The Morgan fingerprint density at radius 1 is 1.06 bits per heavy atom. The first kappa shape index (κ1) is 14.1. The summed E-state index contributed by atoms with van der Waals surface area (Å²) in [6.07, 6.45) is 0.171. The average Bonchev–Trinajstić information content (AvgIpc) is 2.34. The van der Waals surface area contributed by atoms with Crippen LogP contribution >= 0.6 is 0 Å². The Hall–Kier alpha value is -1.92. The van der Waals surface area contributed by atoms with Gasteiger partial charge in [0.2, 0.25) is 0 Å². The molecule has 0 atom stereocenters. The van der Waals surface area contributed by atoms with Crippen LogP contribution in [-0.2, 0) is 11.2 Å². The Balaban J connectivity index is 2.96. The lowest BCUT2D eigenvalue weighted by Crippen LogP contribution is -2.13. The molecule has 6 nitrogen and oxygen atoms in total. The highest BCUT2D eigenvalue weighted by atomic mass is 16.5. The third kappa shape index (κ3) is 3.54. The molecule has 0 unspecified atom stereocenters. The van der Waals surface area contributed by atoms with Gasteiger partial charge in [-0.2, -0.15) is 0 Å². The van der Waals surface area contributed by atoms with E-state index >= 15 is 0 Å². The zero-order chi connectivity index (χ0) is 13.5. The van der Waals surface area contributed by atoms with Crippen LogP contribution in [0.3, 0.4) is 0 Å². The molecule has 0 heterocycles. The molecule has 0 fully saturated rings. The molecule has 0 aromatic heterocycles. The number of hydrogen-bond donors (Lipinski definition) is 3. The Morgan fingerprint density at radius 2 is 1.61 bits per heavy atom. The summed E-state index contributed by atoms with van der Waals surface area (Å²) in [5.74, 6) is -2.34. The third-order valence-electron chi connectivity index (χ3n) is 2.37. The predicted octanol–water partition coefficient (Wildman–Crippen LogP) is 0.634. The van der Waals surface area contributed by atoms with Gasteiger partial charge in [0.25, 0.3) is 0 Å². The largest absolute Gasteiger partial charge is 0.478 e. The molecule has 0 amide bonds. The first-order chi connectivity index (χ1) is 8.57. The second-order valence-electron chi connectivity index (χ2n) is 3.53. The standard InChI is InChI=1S/C12H14O6/c13-5-7-18-6-4-8-9(11(14)15)2-1-3-10(8)12(16)17/h1-3,13H,4-7H2,(H,14,15)(H,16,17). The van der Waals surface area contributed by atoms with Crippen molar-refractivity contribution in [3.63, 3.8) is 0 Å². The lowest BCUT2D eigenvalue weighted by atomic mass is 9.98. The van der Waals surface area contributed by atoms with Gasteiger partial charge in [-0.25, -0.2) is 9.59 Å². The van der Waals surface area contributed by atoms with Gasteiger partial charge in [-0.15, -0.1) is 0 Å². The van der Waals surface area contributed by atoms with E-state index in [9.17, 15) is 9.59 Å². The van der Waals surface area contributed by atoms with Gasteiger partial charge in [-0.1, -0.05) is 6.07 Å². The van der Waals surface area contributed by atoms with Crippen LogP contribution < -0.4 is 0 Å². The summed E-state index contributed by atoms with van der Waals surface area (Å²) in [6.45, 7) is 0.162. The van der Waals surface area contributed by atoms with Crippen LogP contribution in [0.2, 0.25) is 0 Å². The van der Waals surface area contributed by atoms with E-state index < -0.39 is 11.9 Å². The SMILES string of the molecule is O=C(O)c1cccc(C(=O)O)c1CCOCCO. The van der Waals surface area contributed by atoms with Crippen LogP contribution in [0.4, 0.5) is 0 Å². The summed E-state index contributed by atoms with van der Waals surface area (Å²) >= 11 is 0. The fourth-order valence-corrected chi connectivity index (χ4v) is 1.60. The normalized spacial score (nSPS) is 10.3. The molecule has 0 aliphatic carbocycles. The van der Waals surface area contributed by atoms with Crippen molar-refractivity contribution in [1.29, 1.82) is 0 Å². The highest BCUT2D eigenvalue weighted by Crippen LogP contribution is 2.16. The second kappa shape index (κ2) is 6.73. The molecule has 0 radical (unpaired) electrons. The van der Waals surface area contributed by atoms with Crippen molar-refractivity contribution >= 4 is 11.9 Å². The number of aliphatic hydroxyl groups is 1. The molecule has 1 aromatic rings. The smallest absolute Gasteiger partial charge is 0.335 e. The molecule has 0 aliphatic rings. The topological polar surface area (TPSA) is 104 Å². The Morgan fingerprint density at radius 3 is 2.06 bits per heavy atom. The van der Waals surface area contributed by atoms with Gasteiger partial charge in [0, 0.05) is 0 Å². The summed E-state index contributed by atoms with van der Waals surface area (Å²) in [5, 5.41) is 26.5. The van der Waals surface area contributed by atoms with Gasteiger partial charge >= 0.3 is 11.9 Å². The molecule has 6 heteroatoms. The number of aliphatic hydroxyl groups excluding tert-OH is 1. The molecule has 0 saturated carbocycles. The molecule has 18 heavy (non-hydrogen) atoms. The van der Waals surface area contributed by atoms with Crippen LogP contribution in [-0.4, -0.2) is 47.1 Å². The van der Waals surface area contributed by atoms with Crippen molar-refractivity contribution in [2.45, 2.75) is 6.42 Å². The molecule has 1 aromatic carbocycles. The first-order valence-electron chi connectivity index (χ1n) is 5.35. The minimum atomic E-state index is -1.17. The van der Waals surface area contributed by atoms with E-state index in [2.05, 4.69) is 0 Å². The summed E-state index contributed by atoms with van der Waals surface area (Å²) in [7, 11) is 0. The number of carboxylic acids is 2. The van der Waals surface area contributed by atoms with Crippen LogP contribution in [0, 0.1) is 0 Å². The van der Waals surface area contributed by atoms with E-state index in [-0.39, 0.29) is 42.9 Å². The van der Waals surface area contributed by atoms with Crippen molar-refractivity contribution in [3.05, 3.63) is 34.9 Å². The van der Waals surface area contributed by atoms with Gasteiger partial charge in [-0.3, -0.25) is 0 Å². The van der Waals surface area contributed by atoms with Crippen LogP contribution in [0.5, 0.6) is 0 Å². The molecule has 3 N–H and O–H groups in total. The molecular formula is C12H14O6. The van der Waals surface area contributed by atoms with Gasteiger partial charge in [0.1, 0.15) is 0 Å². The highest BCUT2D eigenvalue weighted by Gasteiger charge is 2.17. The van der Waals surface area contributed by atoms with Crippen molar-refractivity contribution in [2.75, 3.05) is 19.8 Å². The summed E-state index contributed by atoms with van der Waals surface area (Å²) in [4.78, 5) is 22.0. The van der Waals surface area contributed by atoms with Crippen molar-refractivity contribution in [3.8, 4) is 0 Å². The van der Waals surface area contributed by atoms with Crippen molar-refractivity contribution < 1.29 is 29.6 Å². The zero-order valence-corrected chi connectivity index (χ0v) is 9.63. The number of hydrogen-bond acceptors (Lipinski definition) is 4. The monoisotopic (exact) mass is 254 g/mol. The van der Waals surface area contributed by atoms with E-state index in [1.165, 1.54) is 18.2 Å². The van der Waals surface area contributed by atoms with E-state index in [4.69, 9.17) is 20.1 Å². The maximum atomic E-state index is 11.0. The van der Waals surface area contributed by atoms with Gasteiger partial charge in [0.05, 0.1) is 30.9 Å². The number of rotatable bonds is 7. The summed E-state index contributed by atoms with van der Waals surface area (Å²) < 4.78 is 5.02. The molecule has 0 spiro atoms. The quantitative estimate of drug-likeness (QED) is 0.617. The van der Waals surface area contributed by atoms with Crippen molar-refractivity contribution in [1.82, 2.24) is 0 Å². The lowest BCUT2D eigenvalue weighted by Gasteiger charge is -2.09. The molecular weight excluding hydrogens is 240 g/mol. The Labute approximate surface area is 103 Å². The van der Waals surface area contributed by atoms with E-state index in [1.807, 2.05) is 0 Å². The maximum Gasteiger partial charge on any atom is 0.335 e. The Kier molecular flexibility index (Phi) is 5.29. The molecule has 1 rings (SSSR count). The van der Waals surface area contributed by atoms with Crippen LogP contribution in [0.15, 0.2) is 18.2 Å². The minimum Gasteiger partial charge on any atom is -0.478 e. The van der Waals surface area contributed by atoms with Gasteiger partial charge in [0.15, 0.2) is 0 Å². The highest BCUT2D eigenvalue weighted by molar-refractivity contribution is 5.96. The molecule has 0 bridgehead atoms. The average molecular weight is 254 g/mol. The maximum absolute atomic E-state index is 11.0. The molecule has 0 saturated heterocycles. The number of carboxylic acid groups (broad SMARTS) is 2. The fourth-order valence-electron chi connectivity index (χ4n) is 1.60. The number of carbonyl (C=O) groups is 2. The third-order valence-corrected chi connectivity index (χ3v) is 2.37. The summed E-state index contributed by atoms with van der Waals surface area (Å²) in [6, 6.07) is 4.11. The van der Waals surface area contributed by atoms with Crippen molar-refractivity contribution in [2.24, 2.45) is 0 Å². The first-order valence-corrected chi connectivity index (χ1v) is 5.35. The van der Waals surface area contributed by atoms with E-state index in [1.54, 1.807) is 0 Å². The predicted molar refractivity (Wildman–Crippen MR) is 62.0 cm³/mol. The van der Waals surface area contributed by atoms with E-state index in [0.717, 1.165) is 0 Å². The lowest BCUT2D eigenvalue weighted by molar-refractivity contribution is 0.0690. The second-order valence-corrected chi connectivity index (χ2v) is 3.53. The van der Waals surface area contributed by atoms with E-state index in [0.29, 0.717) is 0 Å².